The summed E-state index contributed by atoms with van der Waals surface area (Å²) in [6.07, 6.45) is 5.74. The number of hydrogen-bond donors (Lipinski definition) is 1. The van der Waals surface area contributed by atoms with Gasteiger partial charge in [-0.2, -0.15) is 0 Å². The fourth-order valence-corrected chi connectivity index (χ4v) is 3.84. The van der Waals surface area contributed by atoms with E-state index in [2.05, 4.69) is 17.2 Å². The molecule has 1 aromatic heterocycles. The molecule has 1 amide bonds. The minimum atomic E-state index is 0.0204. The van der Waals surface area contributed by atoms with Gasteiger partial charge in [-0.1, -0.05) is 43.7 Å². The fraction of sp³-hybridized carbons (Fsp3) is 0.550. The van der Waals surface area contributed by atoms with Gasteiger partial charge in [0.05, 0.1) is 10.9 Å². The van der Waals surface area contributed by atoms with Crippen molar-refractivity contribution in [1.82, 2.24) is 14.9 Å². The first-order valence-electron chi connectivity index (χ1n) is 9.56. The highest BCUT2D eigenvalue weighted by molar-refractivity contribution is 7.99. The largest absolute Gasteiger partial charge is 0.356 e. The standard InChI is InChI=1S/C20H29N3O2S/c1-3-5-9-14-21-18(24)13-8-10-15-26-20-22-17-12-7-6-11-16(17)19(25)23(20)4-2/h6-7,11-12H,3-5,8-10,13-15H2,1-2H3,(H,21,24). The van der Waals surface area contributed by atoms with E-state index in [-0.39, 0.29) is 11.5 Å². The van der Waals surface area contributed by atoms with E-state index in [1.165, 1.54) is 6.42 Å². The highest BCUT2D eigenvalue weighted by Gasteiger charge is 2.10. The number of nitrogens with zero attached hydrogens (tertiary/aromatic N) is 2. The van der Waals surface area contributed by atoms with E-state index < -0.39 is 0 Å². The molecule has 1 heterocycles. The molecule has 5 nitrogen and oxygen atoms in total. The van der Waals surface area contributed by atoms with Gasteiger partial charge in [-0.25, -0.2) is 4.98 Å². The second-order valence-corrected chi connectivity index (χ2v) is 7.39. The van der Waals surface area contributed by atoms with Crippen molar-refractivity contribution in [3.63, 3.8) is 0 Å². The van der Waals surface area contributed by atoms with Crippen LogP contribution in [0.25, 0.3) is 10.9 Å². The molecule has 0 saturated heterocycles. The lowest BCUT2D eigenvalue weighted by molar-refractivity contribution is -0.121. The van der Waals surface area contributed by atoms with Crippen LogP contribution in [0, 0.1) is 0 Å². The zero-order chi connectivity index (χ0) is 18.8. The predicted octanol–water partition coefficient (Wildman–Crippen LogP) is 3.99. The first kappa shape index (κ1) is 20.5. The molecule has 1 N–H and O–H groups in total. The second kappa shape index (κ2) is 11.0. The molecular weight excluding hydrogens is 346 g/mol. The molecule has 142 valence electrons. The van der Waals surface area contributed by atoms with Crippen molar-refractivity contribution in [2.24, 2.45) is 0 Å². The van der Waals surface area contributed by atoms with Crippen molar-refractivity contribution >= 4 is 28.6 Å². The number of para-hydroxylation sites is 1. The number of benzene rings is 1. The van der Waals surface area contributed by atoms with Crippen LogP contribution in [0.1, 0.15) is 52.4 Å². The number of fused-ring (bicyclic) bond motifs is 1. The van der Waals surface area contributed by atoms with Gasteiger partial charge in [0, 0.05) is 25.3 Å². The van der Waals surface area contributed by atoms with Gasteiger partial charge in [0.1, 0.15) is 0 Å². The molecule has 2 rings (SSSR count). The van der Waals surface area contributed by atoms with Crippen molar-refractivity contribution in [2.45, 2.75) is 64.1 Å². The molecule has 26 heavy (non-hydrogen) atoms. The number of hydrogen-bond acceptors (Lipinski definition) is 4. The Labute approximate surface area is 159 Å². The quantitative estimate of drug-likeness (QED) is 0.366. The highest BCUT2D eigenvalue weighted by atomic mass is 32.2. The Hall–Kier alpha value is -1.82. The van der Waals surface area contributed by atoms with Crippen LogP contribution < -0.4 is 10.9 Å². The molecule has 1 aromatic carbocycles. The number of nitrogens with one attached hydrogen (secondary N) is 1. The average Bonchev–Trinajstić information content (AvgIpc) is 2.65. The second-order valence-electron chi connectivity index (χ2n) is 6.32. The van der Waals surface area contributed by atoms with E-state index in [0.29, 0.717) is 18.4 Å². The first-order chi connectivity index (χ1) is 12.7. The first-order valence-corrected chi connectivity index (χ1v) is 10.5. The smallest absolute Gasteiger partial charge is 0.262 e. The SMILES string of the molecule is CCCCCNC(=O)CCCCSc1nc2ccccc2c(=O)n1CC. The van der Waals surface area contributed by atoms with Crippen LogP contribution in [0.5, 0.6) is 0 Å². The number of amides is 1. The Kier molecular flexibility index (Phi) is 8.68. The van der Waals surface area contributed by atoms with Crippen LogP contribution in [0.2, 0.25) is 0 Å². The summed E-state index contributed by atoms with van der Waals surface area (Å²) in [5.41, 5.74) is 0.767. The molecule has 0 atom stereocenters. The number of unbranched alkanes of at least 4 members (excludes halogenated alkanes) is 3. The molecule has 0 unspecified atom stereocenters. The molecule has 0 fully saturated rings. The summed E-state index contributed by atoms with van der Waals surface area (Å²) in [6.45, 7) is 5.51. The average molecular weight is 376 g/mol. The normalized spacial score (nSPS) is 11.0. The number of carbonyl (C=O) groups is 1. The van der Waals surface area contributed by atoms with Crippen LogP contribution in [0.3, 0.4) is 0 Å². The minimum Gasteiger partial charge on any atom is -0.356 e. The van der Waals surface area contributed by atoms with Crippen molar-refractivity contribution in [1.29, 1.82) is 0 Å². The lowest BCUT2D eigenvalue weighted by atomic mass is 10.2. The molecule has 0 saturated carbocycles. The van der Waals surface area contributed by atoms with Gasteiger partial charge in [-0.3, -0.25) is 14.2 Å². The van der Waals surface area contributed by atoms with Crippen molar-refractivity contribution < 1.29 is 4.79 Å². The summed E-state index contributed by atoms with van der Waals surface area (Å²) in [4.78, 5) is 29.0. The van der Waals surface area contributed by atoms with Gasteiger partial charge < -0.3 is 5.32 Å². The van der Waals surface area contributed by atoms with E-state index in [0.717, 1.165) is 48.7 Å². The highest BCUT2D eigenvalue weighted by Crippen LogP contribution is 2.19. The Bertz CT molecular complexity index is 773. The van der Waals surface area contributed by atoms with Gasteiger partial charge in [0.15, 0.2) is 5.16 Å². The lowest BCUT2D eigenvalue weighted by Crippen LogP contribution is -2.24. The van der Waals surface area contributed by atoms with E-state index in [1.54, 1.807) is 16.3 Å². The van der Waals surface area contributed by atoms with E-state index in [4.69, 9.17) is 0 Å². The fourth-order valence-electron chi connectivity index (χ4n) is 2.78. The van der Waals surface area contributed by atoms with Crippen LogP contribution in [-0.2, 0) is 11.3 Å². The topological polar surface area (TPSA) is 64.0 Å². The zero-order valence-electron chi connectivity index (χ0n) is 15.8. The van der Waals surface area contributed by atoms with Crippen LogP contribution in [0.15, 0.2) is 34.2 Å². The predicted molar refractivity (Wildman–Crippen MR) is 109 cm³/mol. The van der Waals surface area contributed by atoms with Gasteiger partial charge >= 0.3 is 0 Å². The molecule has 0 aliphatic rings. The third kappa shape index (κ3) is 5.87. The van der Waals surface area contributed by atoms with E-state index in [9.17, 15) is 9.59 Å². The summed E-state index contributed by atoms with van der Waals surface area (Å²) in [6, 6.07) is 7.47. The third-order valence-corrected chi connectivity index (χ3v) is 5.34. The maximum absolute atomic E-state index is 12.6. The molecule has 0 bridgehead atoms. The van der Waals surface area contributed by atoms with E-state index >= 15 is 0 Å². The monoisotopic (exact) mass is 375 g/mol. The van der Waals surface area contributed by atoms with Gasteiger partial charge in [-0.15, -0.1) is 0 Å². The molecule has 2 aromatic rings. The Morgan fingerprint density at radius 1 is 1.15 bits per heavy atom. The Balaban J connectivity index is 1.81. The number of rotatable bonds is 11. The van der Waals surface area contributed by atoms with Crippen molar-refractivity contribution in [3.05, 3.63) is 34.6 Å². The lowest BCUT2D eigenvalue weighted by Gasteiger charge is -2.11. The van der Waals surface area contributed by atoms with Crippen LogP contribution in [0.4, 0.5) is 0 Å². The molecule has 0 spiro atoms. The maximum Gasteiger partial charge on any atom is 0.262 e. The summed E-state index contributed by atoms with van der Waals surface area (Å²) < 4.78 is 1.73. The van der Waals surface area contributed by atoms with Gasteiger partial charge in [-0.05, 0) is 38.3 Å². The molecule has 0 radical (unpaired) electrons. The third-order valence-electron chi connectivity index (χ3n) is 4.27. The molecule has 0 aliphatic heterocycles. The summed E-state index contributed by atoms with van der Waals surface area (Å²) >= 11 is 1.60. The van der Waals surface area contributed by atoms with Crippen LogP contribution in [-0.4, -0.2) is 27.8 Å². The molecule has 6 heteroatoms. The summed E-state index contributed by atoms with van der Waals surface area (Å²) in [5, 5.41) is 4.40. The molecule has 0 aliphatic carbocycles. The minimum absolute atomic E-state index is 0.0204. The maximum atomic E-state index is 12.6. The van der Waals surface area contributed by atoms with Gasteiger partial charge in [0.25, 0.3) is 5.56 Å². The number of carbonyl (C=O) groups excluding carboxylic acids is 1. The van der Waals surface area contributed by atoms with Gasteiger partial charge in [0.2, 0.25) is 5.91 Å². The Morgan fingerprint density at radius 3 is 2.73 bits per heavy atom. The number of aromatic nitrogens is 2. The Morgan fingerprint density at radius 2 is 1.96 bits per heavy atom. The van der Waals surface area contributed by atoms with Crippen LogP contribution >= 0.6 is 11.8 Å². The zero-order valence-corrected chi connectivity index (χ0v) is 16.6. The van der Waals surface area contributed by atoms with E-state index in [1.807, 2.05) is 31.2 Å². The van der Waals surface area contributed by atoms with Crippen molar-refractivity contribution in [2.75, 3.05) is 12.3 Å². The van der Waals surface area contributed by atoms with Crippen molar-refractivity contribution in [3.8, 4) is 0 Å². The molecular formula is C20H29N3O2S. The summed E-state index contributed by atoms with van der Waals surface area (Å²) in [7, 11) is 0. The summed E-state index contributed by atoms with van der Waals surface area (Å²) in [5.74, 6) is 0.994. The number of thioether (sulfide) groups is 1.